The Morgan fingerprint density at radius 1 is 1.40 bits per heavy atom. The zero-order valence-corrected chi connectivity index (χ0v) is 12.6. The summed E-state index contributed by atoms with van der Waals surface area (Å²) in [4.78, 5) is 13.9. The number of urea groups is 1. The van der Waals surface area contributed by atoms with Gasteiger partial charge >= 0.3 is 6.03 Å². The smallest absolute Gasteiger partial charge is 0.317 e. The van der Waals surface area contributed by atoms with E-state index in [0.717, 1.165) is 13.0 Å². The molecule has 0 aliphatic carbocycles. The number of benzene rings is 1. The molecule has 0 bridgehead atoms. The first-order valence-corrected chi connectivity index (χ1v) is 7.25. The number of nitrogens with zero attached hydrogens (tertiary/aromatic N) is 1. The van der Waals surface area contributed by atoms with Crippen molar-refractivity contribution in [3.05, 3.63) is 34.9 Å². The van der Waals surface area contributed by atoms with Gasteiger partial charge in [-0.1, -0.05) is 32.0 Å². The summed E-state index contributed by atoms with van der Waals surface area (Å²) in [6, 6.07) is 6.67. The van der Waals surface area contributed by atoms with Gasteiger partial charge in [0.25, 0.3) is 0 Å². The fourth-order valence-corrected chi connectivity index (χ4v) is 2.48. The average Bonchev–Trinajstić information content (AvgIpc) is 2.46. The molecular weight excluding hydrogens is 252 g/mol. The maximum atomic E-state index is 12.1. The van der Waals surface area contributed by atoms with Crippen LogP contribution in [0.5, 0.6) is 0 Å². The lowest BCUT2D eigenvalue weighted by Gasteiger charge is -2.29. The van der Waals surface area contributed by atoms with Crippen LogP contribution in [0.4, 0.5) is 4.79 Å². The van der Waals surface area contributed by atoms with Crippen LogP contribution in [0.3, 0.4) is 0 Å². The fourth-order valence-electron chi connectivity index (χ4n) is 2.48. The first-order chi connectivity index (χ1) is 9.61. The molecule has 0 saturated heterocycles. The van der Waals surface area contributed by atoms with Gasteiger partial charge in [0.15, 0.2) is 0 Å². The van der Waals surface area contributed by atoms with Gasteiger partial charge in [-0.15, -0.1) is 0 Å². The van der Waals surface area contributed by atoms with Gasteiger partial charge in [-0.25, -0.2) is 4.79 Å². The number of hydrogen-bond acceptors (Lipinski definition) is 2. The Kier molecular flexibility index (Phi) is 5.01. The standard InChI is InChI=1S/C16H24N2O2/c1-12(2)14-5-4-13-6-8-18(11-15(13)10-14)16(19)17-7-9-20-3/h4-5,10,12H,6-9,11H2,1-3H3,(H,17,19). The zero-order chi connectivity index (χ0) is 14.5. The minimum absolute atomic E-state index is 0.00245. The number of rotatable bonds is 4. The maximum absolute atomic E-state index is 12.1. The SMILES string of the molecule is COCCNC(=O)N1CCc2ccc(C(C)C)cc2C1. The molecule has 1 heterocycles. The molecule has 1 aliphatic heterocycles. The minimum atomic E-state index is 0.00245. The lowest BCUT2D eigenvalue weighted by atomic mass is 9.93. The van der Waals surface area contributed by atoms with Crippen molar-refractivity contribution in [3.63, 3.8) is 0 Å². The number of methoxy groups -OCH3 is 1. The molecule has 0 radical (unpaired) electrons. The van der Waals surface area contributed by atoms with E-state index in [1.54, 1.807) is 7.11 Å². The van der Waals surface area contributed by atoms with Crippen LogP contribution in [0.1, 0.15) is 36.5 Å². The van der Waals surface area contributed by atoms with Crippen molar-refractivity contribution in [2.75, 3.05) is 26.8 Å². The third kappa shape index (κ3) is 3.51. The molecule has 1 aliphatic rings. The Morgan fingerprint density at radius 2 is 2.20 bits per heavy atom. The molecule has 0 spiro atoms. The molecule has 2 amide bonds. The molecule has 2 rings (SSSR count). The summed E-state index contributed by atoms with van der Waals surface area (Å²) < 4.78 is 4.94. The lowest BCUT2D eigenvalue weighted by Crippen LogP contribution is -2.43. The third-order valence-corrected chi connectivity index (χ3v) is 3.78. The summed E-state index contributed by atoms with van der Waals surface area (Å²) in [5.41, 5.74) is 3.99. The molecule has 1 aromatic rings. The molecular formula is C16H24N2O2. The Hall–Kier alpha value is -1.55. The molecule has 0 aromatic heterocycles. The highest BCUT2D eigenvalue weighted by molar-refractivity contribution is 5.74. The van der Waals surface area contributed by atoms with Crippen LogP contribution in [-0.4, -0.2) is 37.7 Å². The third-order valence-electron chi connectivity index (χ3n) is 3.78. The van der Waals surface area contributed by atoms with Gasteiger partial charge in [-0.05, 0) is 29.0 Å². The molecule has 20 heavy (non-hydrogen) atoms. The number of nitrogens with one attached hydrogen (secondary N) is 1. The predicted octanol–water partition coefficient (Wildman–Crippen LogP) is 2.52. The summed E-state index contributed by atoms with van der Waals surface area (Å²) >= 11 is 0. The van der Waals surface area contributed by atoms with Crippen LogP contribution in [0.2, 0.25) is 0 Å². The van der Waals surface area contributed by atoms with Crippen LogP contribution in [0.15, 0.2) is 18.2 Å². The van der Waals surface area contributed by atoms with Crippen molar-refractivity contribution >= 4 is 6.03 Å². The summed E-state index contributed by atoms with van der Waals surface area (Å²) in [6.07, 6.45) is 0.936. The maximum Gasteiger partial charge on any atom is 0.317 e. The predicted molar refractivity (Wildman–Crippen MR) is 79.9 cm³/mol. The van der Waals surface area contributed by atoms with Gasteiger partial charge < -0.3 is 15.0 Å². The van der Waals surface area contributed by atoms with Crippen molar-refractivity contribution in [1.29, 1.82) is 0 Å². The van der Waals surface area contributed by atoms with E-state index in [-0.39, 0.29) is 6.03 Å². The van der Waals surface area contributed by atoms with Crippen LogP contribution < -0.4 is 5.32 Å². The van der Waals surface area contributed by atoms with E-state index in [2.05, 4.69) is 37.4 Å². The topological polar surface area (TPSA) is 41.6 Å². The fraction of sp³-hybridized carbons (Fsp3) is 0.562. The quantitative estimate of drug-likeness (QED) is 0.859. The van der Waals surface area contributed by atoms with Crippen LogP contribution in [0, 0.1) is 0 Å². The van der Waals surface area contributed by atoms with Gasteiger partial charge in [-0.3, -0.25) is 0 Å². The van der Waals surface area contributed by atoms with E-state index >= 15 is 0 Å². The second kappa shape index (κ2) is 6.75. The Labute approximate surface area is 121 Å². The van der Waals surface area contributed by atoms with E-state index < -0.39 is 0 Å². The van der Waals surface area contributed by atoms with E-state index in [9.17, 15) is 4.79 Å². The highest BCUT2D eigenvalue weighted by atomic mass is 16.5. The number of amides is 2. The number of hydrogen-bond donors (Lipinski definition) is 1. The molecule has 4 nitrogen and oxygen atoms in total. The van der Waals surface area contributed by atoms with Crippen molar-refractivity contribution in [2.24, 2.45) is 0 Å². The first kappa shape index (κ1) is 14.9. The highest BCUT2D eigenvalue weighted by Crippen LogP contribution is 2.24. The number of ether oxygens (including phenoxy) is 1. The van der Waals surface area contributed by atoms with Gasteiger partial charge in [0.2, 0.25) is 0 Å². The van der Waals surface area contributed by atoms with Crippen molar-refractivity contribution < 1.29 is 9.53 Å². The van der Waals surface area contributed by atoms with E-state index in [1.807, 2.05) is 4.90 Å². The van der Waals surface area contributed by atoms with Gasteiger partial charge in [-0.2, -0.15) is 0 Å². The van der Waals surface area contributed by atoms with Crippen LogP contribution >= 0.6 is 0 Å². The zero-order valence-electron chi connectivity index (χ0n) is 12.6. The van der Waals surface area contributed by atoms with Gasteiger partial charge in [0, 0.05) is 26.7 Å². The normalized spacial score (nSPS) is 14.3. The second-order valence-corrected chi connectivity index (χ2v) is 5.58. The lowest BCUT2D eigenvalue weighted by molar-refractivity contribution is 0.176. The van der Waals surface area contributed by atoms with Gasteiger partial charge in [0.1, 0.15) is 0 Å². The molecule has 1 N–H and O–H groups in total. The van der Waals surface area contributed by atoms with Crippen molar-refractivity contribution in [2.45, 2.75) is 32.7 Å². The summed E-state index contributed by atoms with van der Waals surface area (Å²) in [5, 5.41) is 2.88. The molecule has 0 atom stereocenters. The second-order valence-electron chi connectivity index (χ2n) is 5.58. The Morgan fingerprint density at radius 3 is 2.90 bits per heavy atom. The molecule has 1 aromatic carbocycles. The number of carbonyl (C=O) groups is 1. The largest absolute Gasteiger partial charge is 0.383 e. The molecule has 4 heteroatoms. The van der Waals surface area contributed by atoms with E-state index in [0.29, 0.717) is 25.6 Å². The number of fused-ring (bicyclic) bond motifs is 1. The van der Waals surface area contributed by atoms with E-state index in [1.165, 1.54) is 16.7 Å². The number of carbonyl (C=O) groups excluding carboxylic acids is 1. The summed E-state index contributed by atoms with van der Waals surface area (Å²) in [7, 11) is 1.64. The van der Waals surface area contributed by atoms with Gasteiger partial charge in [0.05, 0.1) is 6.61 Å². The first-order valence-electron chi connectivity index (χ1n) is 7.25. The summed E-state index contributed by atoms with van der Waals surface area (Å²) in [6.45, 7) is 6.99. The summed E-state index contributed by atoms with van der Waals surface area (Å²) in [5.74, 6) is 0.520. The molecule has 110 valence electrons. The minimum Gasteiger partial charge on any atom is -0.383 e. The van der Waals surface area contributed by atoms with E-state index in [4.69, 9.17) is 4.74 Å². The van der Waals surface area contributed by atoms with Crippen molar-refractivity contribution in [3.8, 4) is 0 Å². The van der Waals surface area contributed by atoms with Crippen molar-refractivity contribution in [1.82, 2.24) is 10.2 Å². The van der Waals surface area contributed by atoms with Crippen LogP contribution in [0.25, 0.3) is 0 Å². The molecule has 0 fully saturated rings. The monoisotopic (exact) mass is 276 g/mol. The Balaban J connectivity index is 2.02. The average molecular weight is 276 g/mol. The highest BCUT2D eigenvalue weighted by Gasteiger charge is 2.20. The molecule has 0 saturated carbocycles. The van der Waals surface area contributed by atoms with Crippen LogP contribution in [-0.2, 0) is 17.7 Å². The molecule has 0 unspecified atom stereocenters. The Bertz CT molecular complexity index is 472.